The Kier molecular flexibility index (Phi) is 6.96. The second-order valence-electron chi connectivity index (χ2n) is 5.86. The van der Waals surface area contributed by atoms with Gasteiger partial charge in [-0.3, -0.25) is 9.88 Å². The minimum atomic E-state index is 0.768. The van der Waals surface area contributed by atoms with Crippen LogP contribution in [-0.2, 0) is 6.54 Å². The van der Waals surface area contributed by atoms with Crippen molar-refractivity contribution >= 4 is 0 Å². The Hall–Kier alpha value is -1.13. The Morgan fingerprint density at radius 1 is 1.29 bits per heavy atom. The first kappa shape index (κ1) is 16.2. The minimum absolute atomic E-state index is 0.768. The van der Waals surface area contributed by atoms with E-state index in [2.05, 4.69) is 28.2 Å². The van der Waals surface area contributed by atoms with Crippen LogP contribution in [0.3, 0.4) is 0 Å². The Morgan fingerprint density at radius 3 is 2.86 bits per heavy atom. The standard InChI is InChI=1S/C17H29N3O/c1-3-7-18-13-16-14-19-15(2)12-17(16)21-11-10-20-8-5-4-6-9-20/h12,14,18H,3-11,13H2,1-2H3. The first-order valence-electron chi connectivity index (χ1n) is 8.31. The molecule has 2 rings (SSSR count). The first-order valence-corrected chi connectivity index (χ1v) is 8.31. The molecule has 2 heterocycles. The highest BCUT2D eigenvalue weighted by Crippen LogP contribution is 2.19. The molecular formula is C17H29N3O. The molecule has 1 saturated heterocycles. The zero-order valence-electron chi connectivity index (χ0n) is 13.5. The van der Waals surface area contributed by atoms with E-state index in [9.17, 15) is 0 Å². The van der Waals surface area contributed by atoms with Gasteiger partial charge in [-0.05, 0) is 45.8 Å². The van der Waals surface area contributed by atoms with Gasteiger partial charge in [-0.1, -0.05) is 13.3 Å². The van der Waals surface area contributed by atoms with Crippen LogP contribution in [0.2, 0.25) is 0 Å². The minimum Gasteiger partial charge on any atom is -0.492 e. The van der Waals surface area contributed by atoms with Crippen LogP contribution in [0.5, 0.6) is 5.75 Å². The zero-order chi connectivity index (χ0) is 14.9. The van der Waals surface area contributed by atoms with Gasteiger partial charge in [0.2, 0.25) is 0 Å². The summed E-state index contributed by atoms with van der Waals surface area (Å²) in [5.74, 6) is 0.989. The molecule has 0 aromatic carbocycles. The maximum absolute atomic E-state index is 6.03. The maximum atomic E-state index is 6.03. The largest absolute Gasteiger partial charge is 0.492 e. The third-order valence-corrected chi connectivity index (χ3v) is 3.94. The summed E-state index contributed by atoms with van der Waals surface area (Å²) in [5, 5.41) is 3.42. The number of aromatic nitrogens is 1. The molecule has 1 aromatic heterocycles. The fraction of sp³-hybridized carbons (Fsp3) is 0.706. The number of nitrogens with one attached hydrogen (secondary N) is 1. The summed E-state index contributed by atoms with van der Waals surface area (Å²) in [5.41, 5.74) is 2.18. The SMILES string of the molecule is CCCNCc1cnc(C)cc1OCCN1CCCCC1. The Balaban J connectivity index is 1.83. The molecule has 1 aliphatic heterocycles. The van der Waals surface area contributed by atoms with Crippen molar-refractivity contribution in [2.45, 2.75) is 46.1 Å². The molecule has 0 radical (unpaired) electrons. The first-order chi connectivity index (χ1) is 10.3. The van der Waals surface area contributed by atoms with Crippen LogP contribution in [0.15, 0.2) is 12.3 Å². The van der Waals surface area contributed by atoms with Crippen LogP contribution < -0.4 is 10.1 Å². The number of nitrogens with zero attached hydrogens (tertiary/aromatic N) is 2. The molecule has 1 fully saturated rings. The van der Waals surface area contributed by atoms with Gasteiger partial charge in [0.05, 0.1) is 0 Å². The van der Waals surface area contributed by atoms with Gasteiger partial charge in [0, 0.05) is 36.6 Å². The molecule has 4 heteroatoms. The molecule has 0 aliphatic carbocycles. The van der Waals surface area contributed by atoms with Gasteiger partial charge in [-0.15, -0.1) is 0 Å². The van der Waals surface area contributed by atoms with E-state index in [4.69, 9.17) is 4.74 Å². The quantitative estimate of drug-likeness (QED) is 0.747. The van der Waals surface area contributed by atoms with Crippen molar-refractivity contribution in [3.05, 3.63) is 23.5 Å². The van der Waals surface area contributed by atoms with Crippen molar-refractivity contribution in [3.8, 4) is 5.75 Å². The van der Waals surface area contributed by atoms with Gasteiger partial charge in [-0.2, -0.15) is 0 Å². The predicted molar refractivity (Wildman–Crippen MR) is 86.8 cm³/mol. The lowest BCUT2D eigenvalue weighted by molar-refractivity contribution is 0.182. The fourth-order valence-corrected chi connectivity index (χ4v) is 2.70. The number of rotatable bonds is 8. The van der Waals surface area contributed by atoms with Crippen LogP contribution in [0.4, 0.5) is 0 Å². The molecule has 0 amide bonds. The van der Waals surface area contributed by atoms with Crippen LogP contribution in [0.1, 0.15) is 43.9 Å². The molecule has 4 nitrogen and oxygen atoms in total. The summed E-state index contributed by atoms with van der Waals surface area (Å²) in [6.07, 6.45) is 7.13. The number of ether oxygens (including phenoxy) is 1. The average Bonchev–Trinajstić information content (AvgIpc) is 2.51. The molecule has 1 aliphatic rings. The van der Waals surface area contributed by atoms with E-state index in [-0.39, 0.29) is 0 Å². The second-order valence-corrected chi connectivity index (χ2v) is 5.86. The van der Waals surface area contributed by atoms with Crippen LogP contribution in [0, 0.1) is 6.92 Å². The summed E-state index contributed by atoms with van der Waals surface area (Å²) in [7, 11) is 0. The lowest BCUT2D eigenvalue weighted by atomic mass is 10.1. The number of hydrogen-bond donors (Lipinski definition) is 1. The van der Waals surface area contributed by atoms with Gasteiger partial charge in [0.15, 0.2) is 0 Å². The molecule has 0 bridgehead atoms. The molecule has 1 N–H and O–H groups in total. The van der Waals surface area contributed by atoms with E-state index in [0.717, 1.165) is 49.7 Å². The summed E-state index contributed by atoms with van der Waals surface area (Å²) in [6.45, 7) is 10.3. The third-order valence-electron chi connectivity index (χ3n) is 3.94. The summed E-state index contributed by atoms with van der Waals surface area (Å²) in [4.78, 5) is 6.89. The molecule has 1 aromatic rings. The number of aryl methyl sites for hydroxylation is 1. The topological polar surface area (TPSA) is 37.4 Å². The monoisotopic (exact) mass is 291 g/mol. The van der Waals surface area contributed by atoms with E-state index in [1.807, 2.05) is 13.1 Å². The van der Waals surface area contributed by atoms with Crippen LogP contribution in [-0.4, -0.2) is 42.7 Å². The van der Waals surface area contributed by atoms with Crippen molar-refractivity contribution in [2.75, 3.05) is 32.8 Å². The van der Waals surface area contributed by atoms with Gasteiger partial charge < -0.3 is 10.1 Å². The molecule has 0 spiro atoms. The van der Waals surface area contributed by atoms with Gasteiger partial charge in [0.25, 0.3) is 0 Å². The van der Waals surface area contributed by atoms with E-state index in [0.29, 0.717) is 0 Å². The average molecular weight is 291 g/mol. The fourth-order valence-electron chi connectivity index (χ4n) is 2.70. The van der Waals surface area contributed by atoms with Crippen molar-refractivity contribution in [1.82, 2.24) is 15.2 Å². The van der Waals surface area contributed by atoms with E-state index in [1.54, 1.807) is 0 Å². The molecule has 118 valence electrons. The number of piperidine rings is 1. The van der Waals surface area contributed by atoms with Crippen LogP contribution in [0.25, 0.3) is 0 Å². The van der Waals surface area contributed by atoms with Crippen LogP contribution >= 0.6 is 0 Å². The molecule has 0 unspecified atom stereocenters. The smallest absolute Gasteiger partial charge is 0.127 e. The van der Waals surface area contributed by atoms with Gasteiger partial charge >= 0.3 is 0 Å². The van der Waals surface area contributed by atoms with Crippen molar-refractivity contribution in [1.29, 1.82) is 0 Å². The molecular weight excluding hydrogens is 262 g/mol. The Morgan fingerprint density at radius 2 is 2.10 bits per heavy atom. The number of hydrogen-bond acceptors (Lipinski definition) is 4. The summed E-state index contributed by atoms with van der Waals surface area (Å²) >= 11 is 0. The van der Waals surface area contributed by atoms with Gasteiger partial charge in [0.1, 0.15) is 12.4 Å². The van der Waals surface area contributed by atoms with E-state index in [1.165, 1.54) is 32.4 Å². The highest BCUT2D eigenvalue weighted by Gasteiger charge is 2.10. The Labute approximate surface area is 128 Å². The predicted octanol–water partition coefficient (Wildman–Crippen LogP) is 2.75. The van der Waals surface area contributed by atoms with E-state index < -0.39 is 0 Å². The van der Waals surface area contributed by atoms with Crippen molar-refractivity contribution in [3.63, 3.8) is 0 Å². The summed E-state index contributed by atoms with van der Waals surface area (Å²) < 4.78 is 6.03. The van der Waals surface area contributed by atoms with Crippen molar-refractivity contribution < 1.29 is 4.74 Å². The lowest BCUT2D eigenvalue weighted by Gasteiger charge is -2.26. The number of likely N-dealkylation sites (tertiary alicyclic amines) is 1. The highest BCUT2D eigenvalue weighted by molar-refractivity contribution is 5.32. The lowest BCUT2D eigenvalue weighted by Crippen LogP contribution is -2.33. The number of pyridine rings is 1. The second kappa shape index (κ2) is 9.00. The highest BCUT2D eigenvalue weighted by atomic mass is 16.5. The van der Waals surface area contributed by atoms with Crippen molar-refractivity contribution in [2.24, 2.45) is 0 Å². The molecule has 0 saturated carbocycles. The third kappa shape index (κ3) is 5.64. The molecule has 0 atom stereocenters. The molecule has 21 heavy (non-hydrogen) atoms. The maximum Gasteiger partial charge on any atom is 0.127 e. The summed E-state index contributed by atoms with van der Waals surface area (Å²) in [6, 6.07) is 2.05. The Bertz CT molecular complexity index is 416. The van der Waals surface area contributed by atoms with Gasteiger partial charge in [-0.25, -0.2) is 0 Å². The zero-order valence-corrected chi connectivity index (χ0v) is 13.5. The normalized spacial score (nSPS) is 16.1. The van der Waals surface area contributed by atoms with E-state index >= 15 is 0 Å².